The molecule has 1 N–H and O–H groups in total. The van der Waals surface area contributed by atoms with E-state index in [9.17, 15) is 19.5 Å². The van der Waals surface area contributed by atoms with E-state index in [1.807, 2.05) is 0 Å². The summed E-state index contributed by atoms with van der Waals surface area (Å²) in [5, 5.41) is 13.7. The lowest BCUT2D eigenvalue weighted by Crippen LogP contribution is -2.26. The van der Waals surface area contributed by atoms with Crippen molar-refractivity contribution in [2.24, 2.45) is 11.3 Å². The number of thiophene rings is 1. The normalized spacial score (nSPS) is 16.7. The molecule has 0 fully saturated rings. The maximum absolute atomic E-state index is 12.5. The molecule has 0 aliphatic heterocycles. The Kier molecular flexibility index (Phi) is 6.44. The van der Waals surface area contributed by atoms with E-state index in [4.69, 9.17) is 4.74 Å². The van der Waals surface area contributed by atoms with Crippen molar-refractivity contribution in [3.63, 3.8) is 0 Å². The number of anilines is 1. The molecule has 1 aliphatic rings. The third-order valence-corrected chi connectivity index (χ3v) is 5.95. The summed E-state index contributed by atoms with van der Waals surface area (Å²) in [6.45, 7) is 8.64. The van der Waals surface area contributed by atoms with E-state index in [2.05, 4.69) is 26.1 Å². The fourth-order valence-electron chi connectivity index (χ4n) is 3.24. The number of aliphatic carboxylic acids is 1. The predicted molar refractivity (Wildman–Crippen MR) is 98.1 cm³/mol. The molecule has 1 aromatic heterocycles. The maximum Gasteiger partial charge on any atom is 0.341 e. The van der Waals surface area contributed by atoms with Gasteiger partial charge in [0, 0.05) is 17.3 Å². The van der Waals surface area contributed by atoms with E-state index in [1.165, 1.54) is 11.3 Å². The van der Waals surface area contributed by atoms with E-state index in [0.717, 1.165) is 29.7 Å². The second-order valence-electron chi connectivity index (χ2n) is 7.65. The minimum absolute atomic E-state index is 0.170. The molecule has 0 aromatic carbocycles. The number of carbonyl (C=O) groups excluding carboxylic acids is 3. The van der Waals surface area contributed by atoms with Gasteiger partial charge >= 0.3 is 5.97 Å². The molecule has 0 spiro atoms. The van der Waals surface area contributed by atoms with Gasteiger partial charge in [-0.05, 0) is 49.5 Å². The first kappa shape index (κ1) is 20.4. The molecular formula is C19H26NO5S-. The van der Waals surface area contributed by atoms with Gasteiger partial charge in [-0.2, -0.15) is 0 Å². The van der Waals surface area contributed by atoms with E-state index in [1.54, 1.807) is 6.92 Å². The van der Waals surface area contributed by atoms with Gasteiger partial charge < -0.3 is 20.0 Å². The highest BCUT2D eigenvalue weighted by Crippen LogP contribution is 2.44. The molecule has 6 nitrogen and oxygen atoms in total. The fraction of sp³-hybridized carbons (Fsp3) is 0.632. The Labute approximate surface area is 157 Å². The van der Waals surface area contributed by atoms with E-state index in [0.29, 0.717) is 16.5 Å². The number of hydrogen-bond donors (Lipinski definition) is 1. The van der Waals surface area contributed by atoms with Crippen LogP contribution >= 0.6 is 11.3 Å². The van der Waals surface area contributed by atoms with Crippen molar-refractivity contribution in [1.82, 2.24) is 0 Å². The Morgan fingerprint density at radius 3 is 2.54 bits per heavy atom. The van der Waals surface area contributed by atoms with Crippen LogP contribution in [0.15, 0.2) is 0 Å². The number of carboxylic acids is 1. The highest BCUT2D eigenvalue weighted by Gasteiger charge is 2.34. The van der Waals surface area contributed by atoms with E-state index in [-0.39, 0.29) is 24.9 Å². The van der Waals surface area contributed by atoms with Crippen LogP contribution in [0, 0.1) is 11.3 Å². The topological polar surface area (TPSA) is 95.5 Å². The number of fused-ring (bicyclic) bond motifs is 1. The minimum Gasteiger partial charge on any atom is -0.550 e. The van der Waals surface area contributed by atoms with Crippen molar-refractivity contribution in [3.8, 4) is 0 Å². The molecule has 1 atom stereocenters. The molecule has 1 aromatic rings. The number of rotatable bonds is 6. The lowest BCUT2D eigenvalue weighted by atomic mass is 9.72. The molecule has 0 unspecified atom stereocenters. The van der Waals surface area contributed by atoms with Gasteiger partial charge in [-0.3, -0.25) is 4.79 Å². The number of nitrogens with one attached hydrogen (secondary N) is 1. The van der Waals surface area contributed by atoms with Crippen LogP contribution in [0.1, 0.15) is 67.8 Å². The van der Waals surface area contributed by atoms with Crippen LogP contribution in [-0.2, 0) is 27.2 Å². The fourth-order valence-corrected chi connectivity index (χ4v) is 4.57. The summed E-state index contributed by atoms with van der Waals surface area (Å²) in [4.78, 5) is 36.1. The molecule has 2 rings (SSSR count). The lowest BCUT2D eigenvalue weighted by molar-refractivity contribution is -0.305. The van der Waals surface area contributed by atoms with Crippen molar-refractivity contribution < 1.29 is 24.2 Å². The third-order valence-electron chi connectivity index (χ3n) is 4.78. The number of amides is 1. The second kappa shape index (κ2) is 8.20. The number of carboxylic acid groups (broad SMARTS) is 1. The number of hydrogen-bond acceptors (Lipinski definition) is 6. The maximum atomic E-state index is 12.5. The monoisotopic (exact) mass is 380 g/mol. The summed E-state index contributed by atoms with van der Waals surface area (Å²) < 4.78 is 5.18. The Balaban J connectivity index is 2.29. The van der Waals surface area contributed by atoms with Crippen LogP contribution in [0.5, 0.6) is 0 Å². The van der Waals surface area contributed by atoms with Gasteiger partial charge in [0.2, 0.25) is 5.91 Å². The Morgan fingerprint density at radius 2 is 1.96 bits per heavy atom. The zero-order valence-corrected chi connectivity index (χ0v) is 16.6. The standard InChI is InChI=1S/C19H27NO5S/c1-5-25-18(24)16-12-7-6-11(19(2,3)4)10-13(12)26-17(16)20-14(21)8-9-15(22)23/h11H,5-10H2,1-4H3,(H,20,21)(H,22,23)/p-1/t11-/m1/s1. The molecule has 0 saturated carbocycles. The zero-order valence-electron chi connectivity index (χ0n) is 15.8. The number of esters is 1. The van der Waals surface area contributed by atoms with Gasteiger partial charge in [-0.15, -0.1) is 11.3 Å². The number of ether oxygens (including phenoxy) is 1. The smallest absolute Gasteiger partial charge is 0.341 e. The van der Waals surface area contributed by atoms with Gasteiger partial charge in [0.25, 0.3) is 0 Å². The summed E-state index contributed by atoms with van der Waals surface area (Å²) in [6, 6.07) is 0. The van der Waals surface area contributed by atoms with Crippen molar-refractivity contribution >= 4 is 34.2 Å². The van der Waals surface area contributed by atoms with Crippen LogP contribution in [0.3, 0.4) is 0 Å². The molecular weight excluding hydrogens is 354 g/mol. The molecule has 1 amide bonds. The molecule has 0 saturated heterocycles. The molecule has 7 heteroatoms. The summed E-state index contributed by atoms with van der Waals surface area (Å²) in [5.74, 6) is -1.64. The highest BCUT2D eigenvalue weighted by molar-refractivity contribution is 7.17. The first-order valence-electron chi connectivity index (χ1n) is 8.94. The molecule has 144 valence electrons. The second-order valence-corrected chi connectivity index (χ2v) is 8.76. The molecule has 1 heterocycles. The SMILES string of the molecule is CCOC(=O)c1c(NC(=O)CCC(=O)[O-])sc2c1CC[C@@H](C(C)(C)C)C2. The van der Waals surface area contributed by atoms with Crippen molar-refractivity contribution in [3.05, 3.63) is 16.0 Å². The first-order chi connectivity index (χ1) is 12.1. The highest BCUT2D eigenvalue weighted by atomic mass is 32.1. The van der Waals surface area contributed by atoms with E-state index < -0.39 is 17.8 Å². The van der Waals surface area contributed by atoms with Crippen LogP contribution in [0.4, 0.5) is 5.00 Å². The lowest BCUT2D eigenvalue weighted by Gasteiger charge is -2.33. The summed E-state index contributed by atoms with van der Waals surface area (Å²) in [7, 11) is 0. The molecule has 26 heavy (non-hydrogen) atoms. The summed E-state index contributed by atoms with van der Waals surface area (Å²) in [6.07, 6.45) is 2.09. The largest absolute Gasteiger partial charge is 0.550 e. The average Bonchev–Trinajstić information content (AvgIpc) is 2.89. The van der Waals surface area contributed by atoms with Gasteiger partial charge in [-0.25, -0.2) is 4.79 Å². The third kappa shape index (κ3) is 4.84. The Hall–Kier alpha value is -1.89. The van der Waals surface area contributed by atoms with Crippen molar-refractivity contribution in [2.75, 3.05) is 11.9 Å². The van der Waals surface area contributed by atoms with Crippen LogP contribution in [0.25, 0.3) is 0 Å². The summed E-state index contributed by atoms with van der Waals surface area (Å²) in [5.41, 5.74) is 1.56. The van der Waals surface area contributed by atoms with Crippen molar-refractivity contribution in [2.45, 2.75) is 59.8 Å². The van der Waals surface area contributed by atoms with Gasteiger partial charge in [0.05, 0.1) is 12.2 Å². The Morgan fingerprint density at radius 1 is 1.27 bits per heavy atom. The van der Waals surface area contributed by atoms with E-state index >= 15 is 0 Å². The molecule has 0 bridgehead atoms. The van der Waals surface area contributed by atoms with Crippen LogP contribution in [0.2, 0.25) is 0 Å². The Bertz CT molecular complexity index is 702. The van der Waals surface area contributed by atoms with Gasteiger partial charge in [0.1, 0.15) is 5.00 Å². The van der Waals surface area contributed by atoms with Crippen LogP contribution in [-0.4, -0.2) is 24.5 Å². The molecule has 0 radical (unpaired) electrons. The predicted octanol–water partition coefficient (Wildman–Crippen LogP) is 2.54. The average molecular weight is 380 g/mol. The van der Waals surface area contributed by atoms with Crippen LogP contribution < -0.4 is 10.4 Å². The molecule has 1 aliphatic carbocycles. The van der Waals surface area contributed by atoms with Gasteiger partial charge in [-0.1, -0.05) is 20.8 Å². The number of carbonyl (C=O) groups is 3. The zero-order chi connectivity index (χ0) is 19.5. The summed E-state index contributed by atoms with van der Waals surface area (Å²) >= 11 is 1.40. The first-order valence-corrected chi connectivity index (χ1v) is 9.76. The quantitative estimate of drug-likeness (QED) is 0.765. The van der Waals surface area contributed by atoms with Gasteiger partial charge in [0.15, 0.2) is 0 Å². The minimum atomic E-state index is -1.27. The van der Waals surface area contributed by atoms with Crippen molar-refractivity contribution in [1.29, 1.82) is 0 Å².